The van der Waals surface area contributed by atoms with E-state index in [1.54, 1.807) is 13.3 Å². The van der Waals surface area contributed by atoms with Crippen LogP contribution in [0, 0.1) is 0 Å². The van der Waals surface area contributed by atoms with Crippen LogP contribution in [0.4, 0.5) is 0 Å². The lowest BCUT2D eigenvalue weighted by atomic mass is 10.1. The third kappa shape index (κ3) is 10.9. The van der Waals surface area contributed by atoms with Gasteiger partial charge in [-0.05, 0) is 32.2 Å². The maximum Gasteiger partial charge on any atom is 0.136 e. The third-order valence-corrected chi connectivity index (χ3v) is 156. The van der Waals surface area contributed by atoms with Crippen molar-refractivity contribution < 1.29 is 0 Å². The monoisotopic (exact) mass is 892 g/mol. The molecule has 0 bridgehead atoms. The van der Waals surface area contributed by atoms with Crippen LogP contribution in [0.5, 0.6) is 0 Å². The summed E-state index contributed by atoms with van der Waals surface area (Å²) in [5.41, 5.74) is 5.43. The fraction of sp³-hybridized carbons (Fsp3) is 0.833. The molecule has 0 spiro atoms. The van der Waals surface area contributed by atoms with E-state index < -0.39 is 84.2 Å². The van der Waals surface area contributed by atoms with Crippen LogP contribution in [0.3, 0.4) is 0 Å². The van der Waals surface area contributed by atoms with Gasteiger partial charge in [-0.1, -0.05) is 197 Å². The fourth-order valence-corrected chi connectivity index (χ4v) is 224. The Labute approximate surface area is 326 Å². The molecule has 0 aliphatic carbocycles. The Morgan fingerprint density at radius 3 is 0.816 bits per heavy atom. The average molecular weight is 894 g/mol. The molecule has 0 saturated heterocycles. The normalized spacial score (nSPS) is 16.0. The maximum atomic E-state index is 8.56. The predicted molar refractivity (Wildman–Crippen MR) is 269 cm³/mol. The van der Waals surface area contributed by atoms with E-state index in [0.717, 1.165) is 15.5 Å². The molecule has 1 rings (SSSR count). The fourth-order valence-electron chi connectivity index (χ4n) is 12.7. The van der Waals surface area contributed by atoms with Crippen molar-refractivity contribution in [3.63, 3.8) is 0 Å². The zero-order valence-electron chi connectivity index (χ0n) is 38.2. The first-order chi connectivity index (χ1) is 21.0. The van der Waals surface area contributed by atoms with E-state index in [4.69, 9.17) is 11.1 Å². The van der Waals surface area contributed by atoms with Gasteiger partial charge in [0.25, 0.3) is 0 Å². The van der Waals surface area contributed by atoms with Crippen LogP contribution < -0.4 is 5.30 Å². The van der Waals surface area contributed by atoms with E-state index in [9.17, 15) is 0 Å². The zero-order valence-corrected chi connectivity index (χ0v) is 50.9. The predicted octanol–water partition coefficient (Wildman–Crippen LogP) is 14.3. The molecule has 13 heteroatoms. The van der Waals surface area contributed by atoms with Crippen molar-refractivity contribution in [2.24, 2.45) is 0 Å². The van der Waals surface area contributed by atoms with Crippen molar-refractivity contribution in [1.29, 1.82) is 0 Å². The lowest BCUT2D eigenvalue weighted by Crippen LogP contribution is -2.86. The second-order valence-corrected chi connectivity index (χ2v) is 114. The van der Waals surface area contributed by atoms with Crippen LogP contribution in [0.1, 0.15) is 32.2 Å². The molecule has 0 aromatic heterocycles. The summed E-state index contributed by atoms with van der Waals surface area (Å²) in [6.07, 6.45) is -1.75. The first-order valence-corrected chi connectivity index (χ1v) is 61.6. The topological polar surface area (TPSA) is 0 Å². The molecule has 0 heterocycles. The molecule has 0 atom stereocenters. The van der Waals surface area contributed by atoms with Gasteiger partial charge in [0.2, 0.25) is 0 Å². The minimum atomic E-state index is -1.75. The Balaban J connectivity index is 5.14. The van der Waals surface area contributed by atoms with Crippen molar-refractivity contribution in [2.75, 3.05) is 0 Å². The summed E-state index contributed by atoms with van der Waals surface area (Å²) >= 11 is 8.56. The molecule has 0 amide bonds. The second-order valence-electron chi connectivity index (χ2n) is 25.4. The largest absolute Gasteiger partial charge is 0.138 e. The van der Waals surface area contributed by atoms with E-state index in [0.29, 0.717) is 0 Å². The molecule has 0 radical (unpaired) electrons. The van der Waals surface area contributed by atoms with Gasteiger partial charge in [-0.15, -0.1) is 11.1 Å². The first kappa shape index (κ1) is 49.2. The van der Waals surface area contributed by atoms with Gasteiger partial charge in [0.15, 0.2) is 0 Å². The maximum absolute atomic E-state index is 8.56. The Bertz CT molecular complexity index is 1210. The van der Waals surface area contributed by atoms with Gasteiger partial charge in [0.1, 0.15) is 6.88 Å². The quantitative estimate of drug-likeness (QED) is 0.0992. The van der Waals surface area contributed by atoms with Crippen LogP contribution in [0.2, 0.25) is 177 Å². The van der Waals surface area contributed by atoms with E-state index in [2.05, 4.69) is 189 Å². The molecule has 286 valence electrons. The Kier molecular flexibility index (Phi) is 15.3. The van der Waals surface area contributed by atoms with Crippen molar-refractivity contribution in [2.45, 2.75) is 192 Å². The second kappa shape index (κ2) is 15.3. The Hall–Kier alpha value is 2.20. The van der Waals surface area contributed by atoms with Gasteiger partial charge in [0.05, 0.1) is 6.14 Å². The highest BCUT2D eigenvalue weighted by Gasteiger charge is 2.64. The van der Waals surface area contributed by atoms with Gasteiger partial charge < -0.3 is 0 Å². The molecule has 1 aromatic rings. The highest BCUT2D eigenvalue weighted by Crippen LogP contribution is 2.47. The van der Waals surface area contributed by atoms with Crippen LogP contribution in [0.25, 0.3) is 0 Å². The zero-order chi connectivity index (χ0) is 39.7. The van der Waals surface area contributed by atoms with E-state index >= 15 is 0 Å². The Morgan fingerprint density at radius 2 is 0.633 bits per heavy atom. The van der Waals surface area contributed by atoms with Crippen molar-refractivity contribution in [3.05, 3.63) is 28.8 Å². The van der Waals surface area contributed by atoms with E-state index in [1.165, 1.54) is 0 Å². The summed E-state index contributed by atoms with van der Waals surface area (Å²) < 4.78 is 0. The van der Waals surface area contributed by atoms with Crippen molar-refractivity contribution in [1.82, 2.24) is 0 Å². The van der Waals surface area contributed by atoms with Crippen molar-refractivity contribution >= 4 is 108 Å². The minimum absolute atomic E-state index is 0.738. The van der Waals surface area contributed by atoms with Crippen LogP contribution in [-0.2, 0) is 0 Å². The van der Waals surface area contributed by atoms with Gasteiger partial charge >= 0.3 is 0 Å². The summed E-state index contributed by atoms with van der Waals surface area (Å²) in [6.45, 7) is 72.4. The Morgan fingerprint density at radius 1 is 0.408 bits per heavy atom. The summed E-state index contributed by atoms with van der Waals surface area (Å²) in [4.78, 5) is 0. The number of rotatable bonds is 14. The highest BCUT2D eigenvalue weighted by atomic mass is 35.6. The van der Waals surface area contributed by atoms with Crippen LogP contribution >= 0.6 is 18.8 Å². The summed E-state index contributed by atoms with van der Waals surface area (Å²) in [5, 5.41) is 4.05. The molecule has 0 nitrogen and oxygen atoms in total. The van der Waals surface area contributed by atoms with Gasteiger partial charge in [0, 0.05) is 76.5 Å². The first-order valence-electron chi connectivity index (χ1n) is 19.4. The smallest absolute Gasteiger partial charge is 0.136 e. The molecule has 0 unspecified atom stereocenters. The molecule has 0 aliphatic rings. The van der Waals surface area contributed by atoms with Gasteiger partial charge in [-0.3, -0.25) is 0 Å². The molecule has 0 aliphatic heterocycles. The molecular formula is C36H86ClPSi11. The summed E-state index contributed by atoms with van der Waals surface area (Å²) in [7, 11) is -12.3. The standard InChI is InChI=1S/C36H86ClPSi11/c1-40(2,3)34(41(4,5)6)30-28-31(35(42(7,8)9)43(10,11)12)33(32(29-30)36(44(13,14)15)45(16,17)18)38-39(37)49(46(19,20)21,47(22,23)24)48(25,26)27/h28-29,34-36H,1-27H3. The van der Waals surface area contributed by atoms with Crippen LogP contribution in [0.15, 0.2) is 12.1 Å². The summed E-state index contributed by atoms with van der Waals surface area (Å²) in [6, 6.07) is 5.85. The average Bonchev–Trinajstić information content (AvgIpc) is 2.66. The number of hydrogen-bond donors (Lipinski definition) is 0. The lowest BCUT2D eigenvalue weighted by molar-refractivity contribution is 1.10. The number of hydrogen-bond acceptors (Lipinski definition) is 0. The number of benzene rings is 1. The molecule has 0 N–H and O–H groups in total. The van der Waals surface area contributed by atoms with Gasteiger partial charge in [-0.25, -0.2) is 0 Å². The lowest BCUT2D eigenvalue weighted by Gasteiger charge is -2.56. The molecule has 0 fully saturated rings. The minimum Gasteiger partial charge on any atom is -0.138 e. The highest BCUT2D eigenvalue weighted by molar-refractivity contribution is 8.13. The summed E-state index contributed by atoms with van der Waals surface area (Å²) in [5.74, 6) is 0. The molecule has 49 heavy (non-hydrogen) atoms. The van der Waals surface area contributed by atoms with E-state index in [1.807, 2.05) is 16.4 Å². The van der Waals surface area contributed by atoms with Crippen molar-refractivity contribution in [3.8, 4) is 0 Å². The molecule has 1 aromatic carbocycles. The van der Waals surface area contributed by atoms with Crippen LogP contribution in [-0.4, -0.2) is 84.2 Å². The number of halogens is 1. The van der Waals surface area contributed by atoms with Gasteiger partial charge in [-0.2, -0.15) is 0 Å². The van der Waals surface area contributed by atoms with E-state index in [-0.39, 0.29) is 0 Å². The SMILES string of the molecule is C[Si](C)(C)C(c1cc(C([Si](C)(C)C)[Si](C)(C)C)c(P=[Si](Cl)[Si]([Si](C)(C)C)([Si](C)(C)C)[Si](C)(C)C)c(C([Si](C)(C)C)[Si](C)(C)C)c1)[Si](C)(C)C. The molecular weight excluding hydrogens is 808 g/mol. The molecule has 0 saturated carbocycles. The third-order valence-electron chi connectivity index (χ3n) is 11.2.